The summed E-state index contributed by atoms with van der Waals surface area (Å²) in [5, 5.41) is 3.42. The van der Waals surface area contributed by atoms with Gasteiger partial charge in [-0.05, 0) is 32.9 Å². The average molecular weight is 273 g/mol. The van der Waals surface area contributed by atoms with E-state index in [4.69, 9.17) is 4.74 Å². The summed E-state index contributed by atoms with van der Waals surface area (Å²) in [7, 11) is 0. The van der Waals surface area contributed by atoms with Crippen LogP contribution in [-0.2, 0) is 11.3 Å². The second-order valence-electron chi connectivity index (χ2n) is 4.86. The van der Waals surface area contributed by atoms with Gasteiger partial charge < -0.3 is 10.1 Å². The largest absolute Gasteiger partial charge is 0.377 e. The molecule has 2 aromatic rings. The van der Waals surface area contributed by atoms with Crippen LogP contribution in [0.5, 0.6) is 0 Å². The van der Waals surface area contributed by atoms with E-state index in [1.807, 2.05) is 38.2 Å². The van der Waals surface area contributed by atoms with E-state index >= 15 is 0 Å². The molecule has 2 rings (SSSR count). The van der Waals surface area contributed by atoms with E-state index in [0.717, 1.165) is 36.9 Å². The van der Waals surface area contributed by atoms with Crippen LogP contribution in [0.15, 0.2) is 36.5 Å². The van der Waals surface area contributed by atoms with Crippen LogP contribution < -0.4 is 5.32 Å². The number of ether oxygens (including phenoxy) is 1. The minimum absolute atomic E-state index is 0.231. The number of para-hydroxylation sites is 1. The zero-order valence-corrected chi connectivity index (χ0v) is 12.5. The van der Waals surface area contributed by atoms with Crippen LogP contribution in [0.3, 0.4) is 0 Å². The summed E-state index contributed by atoms with van der Waals surface area (Å²) in [6.07, 6.45) is 2.16. The standard InChI is InChI=1S/C16H23N3O/c1-4-20-13(2)10-17-11-16-12-18-14(3)19(16)15-8-6-5-7-9-15/h5-9,12-13,17H,4,10-11H2,1-3H3. The molecule has 108 valence electrons. The molecule has 1 atom stereocenters. The highest BCUT2D eigenvalue weighted by molar-refractivity contribution is 5.35. The Bertz CT molecular complexity index is 522. The lowest BCUT2D eigenvalue weighted by molar-refractivity contribution is 0.0758. The van der Waals surface area contributed by atoms with Gasteiger partial charge in [0.15, 0.2) is 0 Å². The highest BCUT2D eigenvalue weighted by Gasteiger charge is 2.08. The molecule has 0 saturated carbocycles. The molecule has 0 amide bonds. The summed E-state index contributed by atoms with van der Waals surface area (Å²) in [6, 6.07) is 10.3. The smallest absolute Gasteiger partial charge is 0.110 e. The first-order chi connectivity index (χ1) is 9.72. The number of aromatic nitrogens is 2. The van der Waals surface area contributed by atoms with E-state index in [1.54, 1.807) is 0 Å². The van der Waals surface area contributed by atoms with Gasteiger partial charge in [-0.2, -0.15) is 0 Å². The maximum atomic E-state index is 5.51. The Balaban J connectivity index is 2.03. The van der Waals surface area contributed by atoms with Gasteiger partial charge in [0.05, 0.1) is 18.0 Å². The van der Waals surface area contributed by atoms with Gasteiger partial charge in [-0.3, -0.25) is 4.57 Å². The van der Waals surface area contributed by atoms with Crippen molar-refractivity contribution >= 4 is 0 Å². The highest BCUT2D eigenvalue weighted by atomic mass is 16.5. The first kappa shape index (κ1) is 14.8. The zero-order chi connectivity index (χ0) is 14.4. The Morgan fingerprint density at radius 1 is 1.30 bits per heavy atom. The van der Waals surface area contributed by atoms with Crippen LogP contribution in [-0.4, -0.2) is 28.8 Å². The van der Waals surface area contributed by atoms with E-state index in [1.165, 1.54) is 0 Å². The van der Waals surface area contributed by atoms with Crippen molar-refractivity contribution in [3.8, 4) is 5.69 Å². The monoisotopic (exact) mass is 273 g/mol. The second-order valence-corrected chi connectivity index (χ2v) is 4.86. The quantitative estimate of drug-likeness (QED) is 0.843. The molecule has 0 aliphatic rings. The van der Waals surface area contributed by atoms with Gasteiger partial charge in [-0.15, -0.1) is 0 Å². The molecule has 0 spiro atoms. The number of aryl methyl sites for hydroxylation is 1. The van der Waals surface area contributed by atoms with Gasteiger partial charge in [-0.25, -0.2) is 4.98 Å². The average Bonchev–Trinajstić information content (AvgIpc) is 2.81. The van der Waals surface area contributed by atoms with Crippen molar-refractivity contribution in [2.45, 2.75) is 33.4 Å². The van der Waals surface area contributed by atoms with Gasteiger partial charge >= 0.3 is 0 Å². The van der Waals surface area contributed by atoms with E-state index in [-0.39, 0.29) is 6.10 Å². The molecular formula is C16H23N3O. The Morgan fingerprint density at radius 2 is 2.05 bits per heavy atom. The number of nitrogens with zero attached hydrogens (tertiary/aromatic N) is 2. The Morgan fingerprint density at radius 3 is 2.75 bits per heavy atom. The van der Waals surface area contributed by atoms with Crippen molar-refractivity contribution in [3.63, 3.8) is 0 Å². The molecule has 0 aliphatic heterocycles. The molecule has 0 bridgehead atoms. The first-order valence-corrected chi connectivity index (χ1v) is 7.13. The molecule has 1 heterocycles. The summed E-state index contributed by atoms with van der Waals surface area (Å²) in [6.45, 7) is 8.50. The SMILES string of the molecule is CCOC(C)CNCc1cnc(C)n1-c1ccccc1. The van der Waals surface area contributed by atoms with Crippen molar-refractivity contribution in [2.75, 3.05) is 13.2 Å². The van der Waals surface area contributed by atoms with Gasteiger partial charge in [-0.1, -0.05) is 18.2 Å². The van der Waals surface area contributed by atoms with Crippen LogP contribution in [0.4, 0.5) is 0 Å². The minimum atomic E-state index is 0.231. The molecule has 0 aliphatic carbocycles. The lowest BCUT2D eigenvalue weighted by Crippen LogP contribution is -2.27. The van der Waals surface area contributed by atoms with Gasteiger partial charge in [0.1, 0.15) is 5.82 Å². The predicted octanol–water partition coefficient (Wildman–Crippen LogP) is 2.70. The van der Waals surface area contributed by atoms with Crippen LogP contribution >= 0.6 is 0 Å². The summed E-state index contributed by atoms with van der Waals surface area (Å²) < 4.78 is 7.69. The number of imidazole rings is 1. The molecule has 1 unspecified atom stereocenters. The third-order valence-corrected chi connectivity index (χ3v) is 3.21. The molecule has 4 heteroatoms. The Kier molecular flexibility index (Phi) is 5.32. The van der Waals surface area contributed by atoms with Crippen LogP contribution in [0.1, 0.15) is 25.4 Å². The summed E-state index contributed by atoms with van der Waals surface area (Å²) >= 11 is 0. The van der Waals surface area contributed by atoms with Crippen molar-refractivity contribution in [3.05, 3.63) is 48.0 Å². The molecule has 0 saturated heterocycles. The third kappa shape index (κ3) is 3.68. The van der Waals surface area contributed by atoms with E-state index < -0.39 is 0 Å². The van der Waals surface area contributed by atoms with Crippen molar-refractivity contribution in [2.24, 2.45) is 0 Å². The molecule has 0 fully saturated rings. The maximum Gasteiger partial charge on any atom is 0.110 e. The number of hydrogen-bond donors (Lipinski definition) is 1. The maximum absolute atomic E-state index is 5.51. The fourth-order valence-electron chi connectivity index (χ4n) is 2.29. The lowest BCUT2D eigenvalue weighted by Gasteiger charge is -2.14. The van der Waals surface area contributed by atoms with Gasteiger partial charge in [0.2, 0.25) is 0 Å². The summed E-state index contributed by atoms with van der Waals surface area (Å²) in [5.74, 6) is 1.01. The summed E-state index contributed by atoms with van der Waals surface area (Å²) in [4.78, 5) is 4.42. The van der Waals surface area contributed by atoms with Crippen LogP contribution in [0, 0.1) is 6.92 Å². The topological polar surface area (TPSA) is 39.1 Å². The molecule has 1 N–H and O–H groups in total. The predicted molar refractivity (Wildman–Crippen MR) is 81.1 cm³/mol. The molecule has 20 heavy (non-hydrogen) atoms. The van der Waals surface area contributed by atoms with Gasteiger partial charge in [0.25, 0.3) is 0 Å². The molecule has 1 aromatic heterocycles. The zero-order valence-electron chi connectivity index (χ0n) is 12.5. The third-order valence-electron chi connectivity index (χ3n) is 3.21. The van der Waals surface area contributed by atoms with E-state index in [0.29, 0.717) is 0 Å². The number of hydrogen-bond acceptors (Lipinski definition) is 3. The first-order valence-electron chi connectivity index (χ1n) is 7.13. The van der Waals surface area contributed by atoms with Gasteiger partial charge in [0, 0.05) is 25.4 Å². The lowest BCUT2D eigenvalue weighted by atomic mass is 10.3. The summed E-state index contributed by atoms with van der Waals surface area (Å²) in [5.41, 5.74) is 2.31. The second kappa shape index (κ2) is 7.22. The minimum Gasteiger partial charge on any atom is -0.377 e. The van der Waals surface area contributed by atoms with E-state index in [9.17, 15) is 0 Å². The Hall–Kier alpha value is -1.65. The normalized spacial score (nSPS) is 12.6. The highest BCUT2D eigenvalue weighted by Crippen LogP contribution is 2.14. The van der Waals surface area contributed by atoms with Crippen molar-refractivity contribution in [1.82, 2.24) is 14.9 Å². The van der Waals surface area contributed by atoms with Crippen molar-refractivity contribution < 1.29 is 4.74 Å². The number of nitrogens with one attached hydrogen (secondary N) is 1. The number of benzene rings is 1. The fraction of sp³-hybridized carbons (Fsp3) is 0.438. The molecule has 0 radical (unpaired) electrons. The fourth-order valence-corrected chi connectivity index (χ4v) is 2.29. The Labute approximate surface area is 120 Å². The van der Waals surface area contributed by atoms with Crippen LogP contribution in [0.25, 0.3) is 5.69 Å². The number of rotatable bonds is 7. The van der Waals surface area contributed by atoms with Crippen LogP contribution in [0.2, 0.25) is 0 Å². The molecular weight excluding hydrogens is 250 g/mol. The van der Waals surface area contributed by atoms with Crippen molar-refractivity contribution in [1.29, 1.82) is 0 Å². The molecule has 4 nitrogen and oxygen atoms in total. The molecule has 1 aromatic carbocycles. The van der Waals surface area contributed by atoms with E-state index in [2.05, 4.69) is 33.9 Å².